The topological polar surface area (TPSA) is 66.5 Å². The van der Waals surface area contributed by atoms with E-state index >= 15 is 0 Å². The summed E-state index contributed by atoms with van der Waals surface area (Å²) in [5.41, 5.74) is 5.64. The molecule has 0 unspecified atom stereocenters. The van der Waals surface area contributed by atoms with Crippen molar-refractivity contribution in [1.29, 1.82) is 0 Å². The van der Waals surface area contributed by atoms with Crippen LogP contribution in [0, 0.1) is 0 Å². The van der Waals surface area contributed by atoms with Crippen molar-refractivity contribution in [3.63, 3.8) is 0 Å². The Hall–Kier alpha value is -0.770. The Kier molecular flexibility index (Phi) is 3.54. The van der Waals surface area contributed by atoms with E-state index in [1.807, 2.05) is 0 Å². The van der Waals surface area contributed by atoms with Crippen LogP contribution < -0.4 is 5.73 Å². The van der Waals surface area contributed by atoms with Gasteiger partial charge in [0.25, 0.3) is 0 Å². The molecule has 0 spiro atoms. The summed E-state index contributed by atoms with van der Waals surface area (Å²) in [6.07, 6.45) is -0.407. The highest BCUT2D eigenvalue weighted by molar-refractivity contribution is 6.31. The van der Waals surface area contributed by atoms with Crippen LogP contribution >= 0.6 is 11.6 Å². The molecule has 0 radical (unpaired) electrons. The predicted octanol–water partition coefficient (Wildman–Crippen LogP) is 1.43. The molecule has 0 fully saturated rings. The number of phenols is 1. The van der Waals surface area contributed by atoms with Crippen LogP contribution in [0.15, 0.2) is 18.2 Å². The van der Waals surface area contributed by atoms with Crippen LogP contribution in [-0.4, -0.2) is 16.8 Å². The molecule has 72 valence electrons. The largest absolute Gasteiger partial charge is 0.508 e. The Labute approximate surface area is 81.8 Å². The summed E-state index contributed by atoms with van der Waals surface area (Å²) in [7, 11) is 0. The monoisotopic (exact) mass is 201 g/mol. The number of rotatable bonds is 3. The Bertz CT molecular complexity index is 271. The van der Waals surface area contributed by atoms with Crippen molar-refractivity contribution >= 4 is 11.6 Å². The summed E-state index contributed by atoms with van der Waals surface area (Å²) in [5, 5.41) is 19.3. The van der Waals surface area contributed by atoms with E-state index in [4.69, 9.17) is 17.3 Å². The van der Waals surface area contributed by atoms with Gasteiger partial charge in [-0.2, -0.15) is 0 Å². The lowest BCUT2D eigenvalue weighted by Gasteiger charge is -2.12. The second-order valence-corrected chi connectivity index (χ2v) is 3.17. The Balaban J connectivity index is 2.98. The first-order valence-electron chi connectivity index (χ1n) is 4.02. The van der Waals surface area contributed by atoms with Gasteiger partial charge in [-0.05, 0) is 25.1 Å². The molecule has 0 aliphatic heterocycles. The van der Waals surface area contributed by atoms with Crippen molar-refractivity contribution in [3.05, 3.63) is 28.8 Å². The standard InChI is InChI=1S/C9H12ClNO2/c10-6-2-1-3-7(12)9(6)8(13)4-5-11/h1-3,8,12-13H,4-5,11H2/t8-/m0/s1. The number of halogens is 1. The summed E-state index contributed by atoms with van der Waals surface area (Å²) >= 11 is 5.80. The van der Waals surface area contributed by atoms with E-state index in [0.717, 1.165) is 0 Å². The van der Waals surface area contributed by atoms with Gasteiger partial charge in [-0.25, -0.2) is 0 Å². The van der Waals surface area contributed by atoms with Gasteiger partial charge in [0.2, 0.25) is 0 Å². The molecule has 1 rings (SSSR count). The van der Waals surface area contributed by atoms with Crippen molar-refractivity contribution in [3.8, 4) is 5.75 Å². The second-order valence-electron chi connectivity index (χ2n) is 2.77. The van der Waals surface area contributed by atoms with Gasteiger partial charge in [-0.15, -0.1) is 0 Å². The van der Waals surface area contributed by atoms with Gasteiger partial charge in [0, 0.05) is 5.56 Å². The van der Waals surface area contributed by atoms with Crippen LogP contribution in [0.25, 0.3) is 0 Å². The molecule has 1 aromatic carbocycles. The molecule has 0 amide bonds. The lowest BCUT2D eigenvalue weighted by molar-refractivity contribution is 0.166. The summed E-state index contributed by atoms with van der Waals surface area (Å²) in [5.74, 6) is 0.00782. The number of hydrogen-bond acceptors (Lipinski definition) is 3. The lowest BCUT2D eigenvalue weighted by Crippen LogP contribution is -2.07. The maximum Gasteiger partial charge on any atom is 0.122 e. The zero-order valence-corrected chi connectivity index (χ0v) is 7.83. The average Bonchev–Trinajstić information content (AvgIpc) is 2.04. The van der Waals surface area contributed by atoms with Crippen LogP contribution in [0.1, 0.15) is 18.1 Å². The Morgan fingerprint density at radius 2 is 2.15 bits per heavy atom. The van der Waals surface area contributed by atoms with Gasteiger partial charge in [-0.1, -0.05) is 17.7 Å². The minimum atomic E-state index is -0.793. The van der Waals surface area contributed by atoms with Gasteiger partial charge in [0.05, 0.1) is 11.1 Å². The fourth-order valence-electron chi connectivity index (χ4n) is 1.16. The highest BCUT2D eigenvalue weighted by Gasteiger charge is 2.14. The summed E-state index contributed by atoms with van der Waals surface area (Å²) < 4.78 is 0. The van der Waals surface area contributed by atoms with E-state index in [9.17, 15) is 10.2 Å². The fourth-order valence-corrected chi connectivity index (χ4v) is 1.45. The van der Waals surface area contributed by atoms with Crippen molar-refractivity contribution < 1.29 is 10.2 Å². The van der Waals surface area contributed by atoms with Crippen molar-refractivity contribution in [1.82, 2.24) is 0 Å². The number of phenolic OH excluding ortho intramolecular Hbond substituents is 1. The molecule has 3 nitrogen and oxygen atoms in total. The minimum Gasteiger partial charge on any atom is -0.508 e. The van der Waals surface area contributed by atoms with Gasteiger partial charge in [0.15, 0.2) is 0 Å². The van der Waals surface area contributed by atoms with E-state index in [1.54, 1.807) is 12.1 Å². The van der Waals surface area contributed by atoms with Crippen LogP contribution in [0.4, 0.5) is 0 Å². The number of nitrogens with two attached hydrogens (primary N) is 1. The first kappa shape index (κ1) is 10.3. The molecule has 0 heterocycles. The van der Waals surface area contributed by atoms with Crippen LogP contribution in [-0.2, 0) is 0 Å². The molecule has 0 aliphatic carbocycles. The van der Waals surface area contributed by atoms with E-state index in [-0.39, 0.29) is 5.75 Å². The first-order valence-corrected chi connectivity index (χ1v) is 4.40. The number of hydrogen-bond donors (Lipinski definition) is 3. The van der Waals surface area contributed by atoms with Crippen molar-refractivity contribution in [2.75, 3.05) is 6.54 Å². The van der Waals surface area contributed by atoms with E-state index < -0.39 is 6.10 Å². The molecule has 0 saturated carbocycles. The number of aliphatic hydroxyl groups is 1. The zero-order chi connectivity index (χ0) is 9.84. The van der Waals surface area contributed by atoms with Gasteiger partial charge in [0.1, 0.15) is 5.75 Å². The van der Waals surface area contributed by atoms with Gasteiger partial charge >= 0.3 is 0 Å². The molecule has 4 heteroatoms. The predicted molar refractivity (Wildman–Crippen MR) is 51.7 cm³/mol. The Morgan fingerprint density at radius 3 is 2.69 bits per heavy atom. The van der Waals surface area contributed by atoms with E-state index in [1.165, 1.54) is 6.07 Å². The lowest BCUT2D eigenvalue weighted by atomic mass is 10.1. The third-order valence-electron chi connectivity index (χ3n) is 1.80. The maximum absolute atomic E-state index is 9.56. The Morgan fingerprint density at radius 1 is 1.46 bits per heavy atom. The zero-order valence-electron chi connectivity index (χ0n) is 7.07. The highest BCUT2D eigenvalue weighted by Crippen LogP contribution is 2.32. The van der Waals surface area contributed by atoms with E-state index in [2.05, 4.69) is 0 Å². The number of aromatic hydroxyl groups is 1. The maximum atomic E-state index is 9.56. The van der Waals surface area contributed by atoms with E-state index in [0.29, 0.717) is 23.6 Å². The summed E-state index contributed by atoms with van der Waals surface area (Å²) in [6, 6.07) is 4.73. The molecular formula is C9H12ClNO2. The molecule has 4 N–H and O–H groups in total. The van der Waals surface area contributed by atoms with Crippen LogP contribution in [0.5, 0.6) is 5.75 Å². The van der Waals surface area contributed by atoms with Crippen molar-refractivity contribution in [2.45, 2.75) is 12.5 Å². The van der Waals surface area contributed by atoms with Crippen molar-refractivity contribution in [2.24, 2.45) is 5.73 Å². The SMILES string of the molecule is NCC[C@H](O)c1c(O)cccc1Cl. The number of aliphatic hydroxyl groups excluding tert-OH is 1. The minimum absolute atomic E-state index is 0.00782. The molecule has 0 saturated heterocycles. The normalized spacial score (nSPS) is 12.8. The molecule has 1 atom stereocenters. The average molecular weight is 202 g/mol. The molecule has 0 bridgehead atoms. The summed E-state index contributed by atoms with van der Waals surface area (Å²) in [6.45, 7) is 0.353. The molecular weight excluding hydrogens is 190 g/mol. The molecule has 13 heavy (non-hydrogen) atoms. The van der Waals surface area contributed by atoms with Crippen LogP contribution in [0.2, 0.25) is 5.02 Å². The molecule has 0 aromatic heterocycles. The first-order chi connectivity index (χ1) is 6.16. The highest BCUT2D eigenvalue weighted by atomic mass is 35.5. The third-order valence-corrected chi connectivity index (χ3v) is 2.13. The van der Waals surface area contributed by atoms with Gasteiger partial charge < -0.3 is 15.9 Å². The molecule has 1 aromatic rings. The fraction of sp³-hybridized carbons (Fsp3) is 0.333. The molecule has 0 aliphatic rings. The number of benzene rings is 1. The third kappa shape index (κ3) is 2.34. The summed E-state index contributed by atoms with van der Waals surface area (Å²) in [4.78, 5) is 0. The van der Waals surface area contributed by atoms with Crippen LogP contribution in [0.3, 0.4) is 0 Å². The smallest absolute Gasteiger partial charge is 0.122 e. The van der Waals surface area contributed by atoms with Gasteiger partial charge in [-0.3, -0.25) is 0 Å². The quantitative estimate of drug-likeness (QED) is 0.693. The second kappa shape index (κ2) is 4.46.